The first-order valence-electron chi connectivity index (χ1n) is 5.58. The van der Waals surface area contributed by atoms with Crippen LogP contribution in [0.3, 0.4) is 0 Å². The Morgan fingerprint density at radius 1 is 1.45 bits per heavy atom. The van der Waals surface area contributed by atoms with Crippen LogP contribution in [0.5, 0.6) is 5.75 Å². The molecule has 2 aromatic rings. The van der Waals surface area contributed by atoms with E-state index in [1.165, 1.54) is 6.07 Å². The van der Waals surface area contributed by atoms with Gasteiger partial charge in [0, 0.05) is 22.3 Å². The third kappa shape index (κ3) is 3.22. The summed E-state index contributed by atoms with van der Waals surface area (Å²) in [7, 11) is 0. The molecule has 0 aliphatic rings. The number of nitrogens with one attached hydrogen (secondary N) is 1. The molecule has 2 rings (SSSR count). The lowest BCUT2D eigenvalue weighted by molar-refractivity contribution is -0.384. The highest BCUT2D eigenvalue weighted by Crippen LogP contribution is 2.28. The van der Waals surface area contributed by atoms with Crippen molar-refractivity contribution < 1.29 is 9.66 Å². The van der Waals surface area contributed by atoms with Gasteiger partial charge in [-0.2, -0.15) is 0 Å². The summed E-state index contributed by atoms with van der Waals surface area (Å²) in [6.45, 7) is 0.138. The molecule has 1 heterocycles. The van der Waals surface area contributed by atoms with Crippen LogP contribution in [-0.4, -0.2) is 9.91 Å². The normalized spacial score (nSPS) is 10.1. The number of rotatable bonds is 5. The van der Waals surface area contributed by atoms with Gasteiger partial charge in [-0.15, -0.1) is 0 Å². The van der Waals surface area contributed by atoms with Crippen LogP contribution < -0.4 is 16.0 Å². The number of nitrogens with two attached hydrogens (primary N) is 1. The van der Waals surface area contributed by atoms with Crippen molar-refractivity contribution in [3.8, 4) is 5.75 Å². The number of halogens is 1. The standard InChI is InChI=1S/C12H11BrN4O3/c13-9-4-10(6-15-5-9)20-7-8-2-1-3-11(17(18)19)12(8)16-14/h1-6,16H,7,14H2. The topological polar surface area (TPSA) is 103 Å². The fraction of sp³-hybridized carbons (Fsp3) is 0.0833. The van der Waals surface area contributed by atoms with Gasteiger partial charge in [-0.1, -0.05) is 12.1 Å². The van der Waals surface area contributed by atoms with Crippen LogP contribution in [0.2, 0.25) is 0 Å². The first-order valence-corrected chi connectivity index (χ1v) is 6.37. The number of aromatic nitrogens is 1. The van der Waals surface area contributed by atoms with Gasteiger partial charge in [0.15, 0.2) is 0 Å². The predicted octanol–water partition coefficient (Wildman–Crippen LogP) is 2.62. The fourth-order valence-electron chi connectivity index (χ4n) is 1.66. The number of hydrogen-bond donors (Lipinski definition) is 2. The number of ether oxygens (including phenoxy) is 1. The van der Waals surface area contributed by atoms with Crippen LogP contribution >= 0.6 is 15.9 Å². The highest BCUT2D eigenvalue weighted by Gasteiger charge is 2.16. The van der Waals surface area contributed by atoms with E-state index in [-0.39, 0.29) is 18.0 Å². The van der Waals surface area contributed by atoms with Crippen molar-refractivity contribution in [1.82, 2.24) is 4.98 Å². The first kappa shape index (κ1) is 14.2. The molecule has 0 amide bonds. The zero-order chi connectivity index (χ0) is 14.5. The number of hydrazine groups is 1. The molecule has 0 atom stereocenters. The van der Waals surface area contributed by atoms with Gasteiger partial charge in [0.2, 0.25) is 0 Å². The second-order valence-electron chi connectivity index (χ2n) is 3.84. The van der Waals surface area contributed by atoms with E-state index < -0.39 is 4.92 Å². The Hall–Kier alpha value is -2.19. The van der Waals surface area contributed by atoms with Crippen LogP contribution in [0.25, 0.3) is 0 Å². The van der Waals surface area contributed by atoms with Gasteiger partial charge in [-0.25, -0.2) is 0 Å². The molecule has 0 aliphatic heterocycles. The smallest absolute Gasteiger partial charge is 0.294 e. The number of benzene rings is 1. The Morgan fingerprint density at radius 3 is 2.90 bits per heavy atom. The maximum absolute atomic E-state index is 10.9. The number of anilines is 1. The molecule has 1 aromatic carbocycles. The molecule has 3 N–H and O–H groups in total. The second-order valence-corrected chi connectivity index (χ2v) is 4.76. The van der Waals surface area contributed by atoms with E-state index in [1.54, 1.807) is 30.6 Å². The molecule has 0 saturated heterocycles. The Labute approximate surface area is 123 Å². The van der Waals surface area contributed by atoms with Crippen LogP contribution in [0.1, 0.15) is 5.56 Å². The fourth-order valence-corrected chi connectivity index (χ4v) is 2.00. The molecular weight excluding hydrogens is 328 g/mol. The molecule has 8 heteroatoms. The molecule has 0 spiro atoms. The van der Waals surface area contributed by atoms with E-state index >= 15 is 0 Å². The van der Waals surface area contributed by atoms with Crippen molar-refractivity contribution in [3.05, 3.63) is 56.8 Å². The molecule has 0 bridgehead atoms. The van der Waals surface area contributed by atoms with Crippen molar-refractivity contribution in [2.75, 3.05) is 5.43 Å². The molecular formula is C12H11BrN4O3. The van der Waals surface area contributed by atoms with Gasteiger partial charge in [0.05, 0.1) is 11.1 Å². The number of nitro benzene ring substituents is 1. The first-order chi connectivity index (χ1) is 9.61. The van der Waals surface area contributed by atoms with Crippen molar-refractivity contribution in [1.29, 1.82) is 0 Å². The number of nitrogens with zero attached hydrogens (tertiary/aromatic N) is 2. The van der Waals surface area contributed by atoms with Gasteiger partial charge >= 0.3 is 0 Å². The molecule has 104 valence electrons. The minimum Gasteiger partial charge on any atom is -0.487 e. The predicted molar refractivity (Wildman–Crippen MR) is 77.2 cm³/mol. The van der Waals surface area contributed by atoms with Crippen LogP contribution in [0.15, 0.2) is 41.1 Å². The average molecular weight is 339 g/mol. The third-order valence-corrected chi connectivity index (χ3v) is 2.98. The maximum atomic E-state index is 10.9. The Bertz CT molecular complexity index is 636. The number of hydrogen-bond acceptors (Lipinski definition) is 6. The molecule has 1 aromatic heterocycles. The molecule has 7 nitrogen and oxygen atoms in total. The van der Waals surface area contributed by atoms with Gasteiger partial charge in [0.1, 0.15) is 18.0 Å². The lowest BCUT2D eigenvalue weighted by Gasteiger charge is -2.10. The molecule has 0 saturated carbocycles. The van der Waals surface area contributed by atoms with Crippen molar-refractivity contribution in [2.45, 2.75) is 6.61 Å². The van der Waals surface area contributed by atoms with Crippen LogP contribution in [0, 0.1) is 10.1 Å². The minimum atomic E-state index is -0.501. The molecule has 0 fully saturated rings. The van der Waals surface area contributed by atoms with Crippen molar-refractivity contribution >= 4 is 27.3 Å². The molecule has 20 heavy (non-hydrogen) atoms. The lowest BCUT2D eigenvalue weighted by atomic mass is 10.1. The Balaban J connectivity index is 2.21. The van der Waals surface area contributed by atoms with E-state index in [0.29, 0.717) is 11.3 Å². The summed E-state index contributed by atoms with van der Waals surface area (Å²) in [6.07, 6.45) is 3.19. The van der Waals surface area contributed by atoms with Crippen molar-refractivity contribution in [2.24, 2.45) is 5.84 Å². The summed E-state index contributed by atoms with van der Waals surface area (Å²) in [5.41, 5.74) is 3.07. The third-order valence-electron chi connectivity index (χ3n) is 2.54. The van der Waals surface area contributed by atoms with Gasteiger partial charge in [-0.05, 0) is 22.0 Å². The van der Waals surface area contributed by atoms with E-state index in [1.807, 2.05) is 0 Å². The quantitative estimate of drug-likeness (QED) is 0.493. The maximum Gasteiger partial charge on any atom is 0.294 e. The number of nitrogen functional groups attached to an aromatic ring is 1. The van der Waals surface area contributed by atoms with Gasteiger partial charge in [-0.3, -0.25) is 20.9 Å². The largest absolute Gasteiger partial charge is 0.487 e. The monoisotopic (exact) mass is 338 g/mol. The van der Waals surface area contributed by atoms with Gasteiger partial charge < -0.3 is 10.2 Å². The number of nitro groups is 1. The second kappa shape index (κ2) is 6.31. The summed E-state index contributed by atoms with van der Waals surface area (Å²) >= 11 is 3.28. The summed E-state index contributed by atoms with van der Waals surface area (Å²) in [4.78, 5) is 14.4. The van der Waals surface area contributed by atoms with E-state index in [9.17, 15) is 10.1 Å². The SMILES string of the molecule is NNc1c(COc2cncc(Br)c2)cccc1[N+](=O)[O-]. The number of para-hydroxylation sites is 1. The van der Waals surface area contributed by atoms with Crippen LogP contribution in [-0.2, 0) is 6.61 Å². The zero-order valence-corrected chi connectivity index (χ0v) is 11.8. The zero-order valence-electron chi connectivity index (χ0n) is 10.2. The summed E-state index contributed by atoms with van der Waals surface area (Å²) < 4.78 is 6.32. The lowest BCUT2D eigenvalue weighted by Crippen LogP contribution is -2.12. The molecule has 0 aliphatic carbocycles. The summed E-state index contributed by atoms with van der Waals surface area (Å²) in [5, 5.41) is 10.9. The molecule has 0 radical (unpaired) electrons. The van der Waals surface area contributed by atoms with E-state index in [0.717, 1.165) is 4.47 Å². The number of pyridine rings is 1. The van der Waals surface area contributed by atoms with Gasteiger partial charge in [0.25, 0.3) is 5.69 Å². The highest BCUT2D eigenvalue weighted by atomic mass is 79.9. The van der Waals surface area contributed by atoms with Crippen LogP contribution in [0.4, 0.5) is 11.4 Å². The summed E-state index contributed by atoms with van der Waals surface area (Å²) in [5.74, 6) is 5.90. The van der Waals surface area contributed by atoms with E-state index in [2.05, 4.69) is 26.3 Å². The Morgan fingerprint density at radius 2 is 2.25 bits per heavy atom. The minimum absolute atomic E-state index is 0.0963. The highest BCUT2D eigenvalue weighted by molar-refractivity contribution is 9.10. The van der Waals surface area contributed by atoms with Crippen molar-refractivity contribution in [3.63, 3.8) is 0 Å². The summed E-state index contributed by atoms with van der Waals surface area (Å²) in [6, 6.07) is 6.41. The Kier molecular flexibility index (Phi) is 4.49. The average Bonchev–Trinajstić information content (AvgIpc) is 2.44. The van der Waals surface area contributed by atoms with E-state index in [4.69, 9.17) is 10.6 Å². The molecule has 0 unspecified atom stereocenters.